The molecule has 2 rings (SSSR count). The van der Waals surface area contributed by atoms with Gasteiger partial charge in [-0.15, -0.1) is 0 Å². The first kappa shape index (κ1) is 14.2. The highest BCUT2D eigenvalue weighted by Crippen LogP contribution is 2.33. The number of benzene rings is 2. The van der Waals surface area contributed by atoms with Crippen LogP contribution >= 0.6 is 34.8 Å². The molecule has 2 aromatic carbocycles. The molecule has 0 saturated carbocycles. The van der Waals surface area contributed by atoms with Gasteiger partial charge >= 0.3 is 0 Å². The van der Waals surface area contributed by atoms with Crippen molar-refractivity contribution >= 4 is 46.7 Å². The molecular formula is C14H10Cl3NO. The van der Waals surface area contributed by atoms with Gasteiger partial charge < -0.3 is 4.74 Å². The molecule has 0 heterocycles. The molecule has 0 unspecified atom stereocenters. The third-order valence-electron chi connectivity index (χ3n) is 2.46. The number of hydrogen-bond acceptors (Lipinski definition) is 2. The minimum Gasteiger partial charge on any atom is -0.497 e. The summed E-state index contributed by atoms with van der Waals surface area (Å²) in [5, 5.41) is 1.29. The standard InChI is InChI=1S/C14H10Cl3NO/c1-19-10-4-2-9(3-5-10)8-18-14-7-12(16)11(15)6-13(14)17/h2-8H,1H3. The Morgan fingerprint density at radius 1 is 0.947 bits per heavy atom. The molecule has 0 fully saturated rings. The van der Waals surface area contributed by atoms with E-state index in [2.05, 4.69) is 4.99 Å². The summed E-state index contributed by atoms with van der Waals surface area (Å²) in [7, 11) is 1.62. The predicted molar refractivity (Wildman–Crippen MR) is 81.7 cm³/mol. The molecule has 0 aromatic heterocycles. The van der Waals surface area contributed by atoms with Crippen LogP contribution in [0.15, 0.2) is 41.4 Å². The molecule has 0 aliphatic heterocycles. The van der Waals surface area contributed by atoms with E-state index in [1.54, 1.807) is 25.5 Å². The van der Waals surface area contributed by atoms with Crippen molar-refractivity contribution in [1.29, 1.82) is 0 Å². The van der Waals surface area contributed by atoms with E-state index in [-0.39, 0.29) is 0 Å². The van der Waals surface area contributed by atoms with Crippen LogP contribution in [0.25, 0.3) is 0 Å². The molecular weight excluding hydrogens is 305 g/mol. The Balaban J connectivity index is 2.24. The molecule has 0 aliphatic rings. The largest absolute Gasteiger partial charge is 0.497 e. The van der Waals surface area contributed by atoms with Gasteiger partial charge in [0.25, 0.3) is 0 Å². The molecule has 0 saturated heterocycles. The number of methoxy groups -OCH3 is 1. The second-order valence-corrected chi connectivity index (χ2v) is 4.97. The van der Waals surface area contributed by atoms with E-state index in [0.717, 1.165) is 11.3 Å². The van der Waals surface area contributed by atoms with Crippen molar-refractivity contribution in [3.05, 3.63) is 57.0 Å². The van der Waals surface area contributed by atoms with Crippen LogP contribution in [0.1, 0.15) is 5.56 Å². The lowest BCUT2D eigenvalue weighted by molar-refractivity contribution is 0.415. The van der Waals surface area contributed by atoms with Crippen molar-refractivity contribution in [2.24, 2.45) is 4.99 Å². The van der Waals surface area contributed by atoms with Gasteiger partial charge in [0.05, 0.1) is 27.9 Å². The Kier molecular flexibility index (Phi) is 4.70. The van der Waals surface area contributed by atoms with Crippen LogP contribution in [-0.4, -0.2) is 13.3 Å². The zero-order valence-electron chi connectivity index (χ0n) is 10.0. The van der Waals surface area contributed by atoms with Crippen molar-refractivity contribution in [2.45, 2.75) is 0 Å². The van der Waals surface area contributed by atoms with Crippen molar-refractivity contribution in [1.82, 2.24) is 0 Å². The second kappa shape index (κ2) is 6.29. The van der Waals surface area contributed by atoms with Gasteiger partial charge in [-0.3, -0.25) is 4.99 Å². The van der Waals surface area contributed by atoms with E-state index in [9.17, 15) is 0 Å². The van der Waals surface area contributed by atoms with Crippen molar-refractivity contribution in [3.63, 3.8) is 0 Å². The van der Waals surface area contributed by atoms with Crippen LogP contribution in [0.2, 0.25) is 15.1 Å². The first-order valence-electron chi connectivity index (χ1n) is 5.43. The average molecular weight is 315 g/mol. The molecule has 5 heteroatoms. The number of ether oxygens (including phenoxy) is 1. The smallest absolute Gasteiger partial charge is 0.118 e. The maximum absolute atomic E-state index is 6.04. The summed E-state index contributed by atoms with van der Waals surface area (Å²) in [5.41, 5.74) is 1.51. The highest BCUT2D eigenvalue weighted by molar-refractivity contribution is 6.43. The van der Waals surface area contributed by atoms with Crippen LogP contribution in [0, 0.1) is 0 Å². The van der Waals surface area contributed by atoms with Gasteiger partial charge in [0.15, 0.2) is 0 Å². The number of halogens is 3. The van der Waals surface area contributed by atoms with Crippen molar-refractivity contribution < 1.29 is 4.74 Å². The monoisotopic (exact) mass is 313 g/mol. The molecule has 0 aliphatic carbocycles. The fourth-order valence-electron chi connectivity index (χ4n) is 1.45. The van der Waals surface area contributed by atoms with Gasteiger partial charge in [-0.1, -0.05) is 34.8 Å². The fraction of sp³-hybridized carbons (Fsp3) is 0.0714. The molecule has 0 radical (unpaired) electrons. The third kappa shape index (κ3) is 3.63. The van der Waals surface area contributed by atoms with Crippen LogP contribution in [-0.2, 0) is 0 Å². The number of hydrogen-bond donors (Lipinski definition) is 0. The van der Waals surface area contributed by atoms with Gasteiger partial charge in [0.2, 0.25) is 0 Å². The minimum atomic E-state index is 0.412. The fourth-order valence-corrected chi connectivity index (χ4v) is 2.03. The van der Waals surface area contributed by atoms with Crippen molar-refractivity contribution in [2.75, 3.05) is 7.11 Å². The van der Waals surface area contributed by atoms with E-state index >= 15 is 0 Å². The predicted octanol–water partition coefficient (Wildman–Crippen LogP) is 5.41. The highest BCUT2D eigenvalue weighted by atomic mass is 35.5. The van der Waals surface area contributed by atoms with Gasteiger partial charge in [0.1, 0.15) is 5.75 Å². The maximum atomic E-state index is 6.04. The van der Waals surface area contributed by atoms with E-state index in [4.69, 9.17) is 39.5 Å². The van der Waals surface area contributed by atoms with Gasteiger partial charge in [0, 0.05) is 6.21 Å². The molecule has 0 N–H and O–H groups in total. The lowest BCUT2D eigenvalue weighted by Crippen LogP contribution is -1.84. The topological polar surface area (TPSA) is 21.6 Å². The summed E-state index contributed by atoms with van der Waals surface area (Å²) >= 11 is 17.8. The molecule has 98 valence electrons. The number of nitrogens with zero attached hydrogens (tertiary/aromatic N) is 1. The van der Waals surface area contributed by atoms with Gasteiger partial charge in [-0.2, -0.15) is 0 Å². The third-order valence-corrected chi connectivity index (χ3v) is 3.48. The number of rotatable bonds is 3. The molecule has 0 atom stereocenters. The summed E-state index contributed by atoms with van der Waals surface area (Å²) in [6, 6.07) is 10.7. The maximum Gasteiger partial charge on any atom is 0.118 e. The molecule has 19 heavy (non-hydrogen) atoms. The SMILES string of the molecule is COc1ccc(C=Nc2cc(Cl)c(Cl)cc2Cl)cc1. The van der Waals surface area contributed by atoms with Gasteiger partial charge in [-0.05, 0) is 42.0 Å². The summed E-state index contributed by atoms with van der Waals surface area (Å²) < 4.78 is 5.08. The summed E-state index contributed by atoms with van der Waals surface area (Å²) in [6.45, 7) is 0. The highest BCUT2D eigenvalue weighted by Gasteiger charge is 2.04. The van der Waals surface area contributed by atoms with E-state index in [0.29, 0.717) is 20.8 Å². The molecule has 2 aromatic rings. The van der Waals surface area contributed by atoms with Crippen molar-refractivity contribution in [3.8, 4) is 5.75 Å². The molecule has 0 bridgehead atoms. The quantitative estimate of drug-likeness (QED) is 0.548. The minimum absolute atomic E-state index is 0.412. The Hall–Kier alpha value is -1.22. The van der Waals surface area contributed by atoms with Crippen LogP contribution in [0.3, 0.4) is 0 Å². The summed E-state index contributed by atoms with van der Waals surface area (Å²) in [4.78, 5) is 4.29. The zero-order chi connectivity index (χ0) is 13.8. The normalized spacial score (nSPS) is 10.9. The Morgan fingerprint density at radius 2 is 1.58 bits per heavy atom. The first-order chi connectivity index (χ1) is 9.10. The number of aliphatic imine (C=N–C) groups is 1. The summed E-state index contributed by atoms with van der Waals surface area (Å²) in [5.74, 6) is 0.796. The summed E-state index contributed by atoms with van der Waals surface area (Å²) in [6.07, 6.45) is 1.70. The Morgan fingerprint density at radius 3 is 2.21 bits per heavy atom. The molecule has 0 spiro atoms. The molecule has 2 nitrogen and oxygen atoms in total. The second-order valence-electron chi connectivity index (χ2n) is 3.75. The zero-order valence-corrected chi connectivity index (χ0v) is 12.3. The molecule has 0 amide bonds. The van der Waals surface area contributed by atoms with E-state index < -0.39 is 0 Å². The Bertz CT molecular complexity index is 609. The van der Waals surface area contributed by atoms with E-state index in [1.165, 1.54) is 0 Å². The lowest BCUT2D eigenvalue weighted by Gasteiger charge is -2.02. The van der Waals surface area contributed by atoms with Gasteiger partial charge in [-0.25, -0.2) is 0 Å². The van der Waals surface area contributed by atoms with E-state index in [1.807, 2.05) is 24.3 Å². The lowest BCUT2D eigenvalue weighted by atomic mass is 10.2. The first-order valence-corrected chi connectivity index (χ1v) is 6.56. The van der Waals surface area contributed by atoms with Crippen LogP contribution in [0.5, 0.6) is 5.75 Å². The van der Waals surface area contributed by atoms with Crippen LogP contribution in [0.4, 0.5) is 5.69 Å². The Labute approximate surface area is 126 Å². The van der Waals surface area contributed by atoms with Crippen LogP contribution < -0.4 is 4.74 Å². The average Bonchev–Trinajstić information content (AvgIpc) is 2.42.